The van der Waals surface area contributed by atoms with Crippen LogP contribution in [0.5, 0.6) is 0 Å². The van der Waals surface area contributed by atoms with Crippen LogP contribution in [-0.4, -0.2) is 11.1 Å². The Morgan fingerprint density at radius 1 is 1.56 bits per heavy atom. The highest BCUT2D eigenvalue weighted by Gasteiger charge is 1.86. The van der Waals surface area contributed by atoms with Crippen LogP contribution in [-0.2, 0) is 4.79 Å². The number of rotatable bonds is 3. The van der Waals surface area contributed by atoms with Gasteiger partial charge in [-0.2, -0.15) is 0 Å². The van der Waals surface area contributed by atoms with Gasteiger partial charge in [-0.15, -0.1) is 12.4 Å². The van der Waals surface area contributed by atoms with Gasteiger partial charge >= 0.3 is 5.97 Å². The molecule has 0 fully saturated rings. The number of hydrogen-bond acceptors (Lipinski definition) is 1. The Kier molecular flexibility index (Phi) is 9.43. The summed E-state index contributed by atoms with van der Waals surface area (Å²) in [4.78, 5) is 9.82. The van der Waals surface area contributed by atoms with Gasteiger partial charge in [-0.05, 0) is 6.42 Å². The van der Waals surface area contributed by atoms with Gasteiger partial charge in [-0.25, -0.2) is 0 Å². The summed E-state index contributed by atoms with van der Waals surface area (Å²) in [5.41, 5.74) is 0. The molecular formula is C6H11ClO2. The molecule has 0 saturated heterocycles. The monoisotopic (exact) mass is 150 g/mol. The lowest BCUT2D eigenvalue weighted by atomic mass is 10.3. The van der Waals surface area contributed by atoms with E-state index in [0.717, 1.165) is 6.42 Å². The molecule has 0 aromatic heterocycles. The average molecular weight is 151 g/mol. The van der Waals surface area contributed by atoms with Gasteiger partial charge in [0.2, 0.25) is 0 Å². The highest BCUT2D eigenvalue weighted by Crippen LogP contribution is 1.84. The zero-order valence-corrected chi connectivity index (χ0v) is 6.15. The molecule has 0 atom stereocenters. The first-order chi connectivity index (χ1) is 3.77. The van der Waals surface area contributed by atoms with Crippen LogP contribution in [0.2, 0.25) is 0 Å². The van der Waals surface area contributed by atoms with Crippen molar-refractivity contribution in [2.24, 2.45) is 0 Å². The Labute approximate surface area is 61.0 Å². The lowest BCUT2D eigenvalue weighted by Crippen LogP contribution is -1.89. The molecule has 0 radical (unpaired) electrons. The molecule has 54 valence electrons. The third-order valence-electron chi connectivity index (χ3n) is 0.695. The highest BCUT2D eigenvalue weighted by molar-refractivity contribution is 5.85. The predicted octanol–water partition coefficient (Wildman–Crippen LogP) is 1.85. The number of carbonyl (C=O) groups is 1. The van der Waals surface area contributed by atoms with Crippen molar-refractivity contribution in [2.75, 3.05) is 0 Å². The van der Waals surface area contributed by atoms with E-state index in [4.69, 9.17) is 5.11 Å². The van der Waals surface area contributed by atoms with Gasteiger partial charge in [0.05, 0.1) is 6.42 Å². The van der Waals surface area contributed by atoms with Crippen molar-refractivity contribution in [3.8, 4) is 0 Å². The van der Waals surface area contributed by atoms with Crippen molar-refractivity contribution >= 4 is 18.4 Å². The minimum absolute atomic E-state index is 0. The second kappa shape index (κ2) is 7.50. The molecule has 9 heavy (non-hydrogen) atoms. The lowest BCUT2D eigenvalue weighted by Gasteiger charge is -1.80. The molecule has 2 nitrogen and oxygen atoms in total. The van der Waals surface area contributed by atoms with Gasteiger partial charge in [0.25, 0.3) is 0 Å². The van der Waals surface area contributed by atoms with Crippen LogP contribution in [0.1, 0.15) is 19.8 Å². The minimum Gasteiger partial charge on any atom is -0.481 e. The summed E-state index contributed by atoms with van der Waals surface area (Å²) in [6, 6.07) is 0. The Morgan fingerprint density at radius 3 is 2.44 bits per heavy atom. The van der Waals surface area contributed by atoms with Crippen LogP contribution in [0.15, 0.2) is 12.2 Å². The maximum atomic E-state index is 9.82. The summed E-state index contributed by atoms with van der Waals surface area (Å²) in [5, 5.41) is 8.09. The van der Waals surface area contributed by atoms with E-state index in [0.29, 0.717) is 0 Å². The molecule has 0 aliphatic heterocycles. The zero-order valence-electron chi connectivity index (χ0n) is 5.33. The normalized spacial score (nSPS) is 9.00. The van der Waals surface area contributed by atoms with Crippen LogP contribution < -0.4 is 0 Å². The predicted molar refractivity (Wildman–Crippen MR) is 38.9 cm³/mol. The van der Waals surface area contributed by atoms with Crippen LogP contribution in [0.4, 0.5) is 0 Å². The molecule has 0 aromatic rings. The molecule has 3 heteroatoms. The molecule has 0 unspecified atom stereocenters. The number of aliphatic carboxylic acids is 1. The fourth-order valence-corrected chi connectivity index (χ4v) is 0.351. The first kappa shape index (κ1) is 11.3. The fourth-order valence-electron chi connectivity index (χ4n) is 0.351. The first-order valence-corrected chi connectivity index (χ1v) is 2.64. The molecule has 0 rings (SSSR count). The van der Waals surface area contributed by atoms with Crippen molar-refractivity contribution in [3.63, 3.8) is 0 Å². The van der Waals surface area contributed by atoms with E-state index in [1.165, 1.54) is 0 Å². The standard InChI is InChI=1S/C6H10O2.ClH/c1-2-3-4-5-6(7)8;/h3-4H,2,5H2,1H3,(H,7,8);1H. The van der Waals surface area contributed by atoms with Crippen molar-refractivity contribution in [3.05, 3.63) is 12.2 Å². The molecule has 0 aliphatic rings. The van der Waals surface area contributed by atoms with E-state index in [1.807, 2.05) is 13.0 Å². The lowest BCUT2D eigenvalue weighted by molar-refractivity contribution is -0.136. The van der Waals surface area contributed by atoms with Gasteiger partial charge < -0.3 is 5.11 Å². The van der Waals surface area contributed by atoms with Crippen LogP contribution in [0.3, 0.4) is 0 Å². The summed E-state index contributed by atoms with van der Waals surface area (Å²) in [6.45, 7) is 1.97. The number of carboxylic acid groups (broad SMARTS) is 1. The maximum Gasteiger partial charge on any atom is 0.307 e. The molecule has 0 saturated carbocycles. The van der Waals surface area contributed by atoms with Gasteiger partial charge in [-0.3, -0.25) is 4.79 Å². The topological polar surface area (TPSA) is 37.3 Å². The SMILES string of the molecule is CCC=CCC(=O)O.Cl. The number of carboxylic acids is 1. The van der Waals surface area contributed by atoms with Gasteiger partial charge in [0.15, 0.2) is 0 Å². The van der Waals surface area contributed by atoms with E-state index in [9.17, 15) is 4.79 Å². The molecule has 0 spiro atoms. The van der Waals surface area contributed by atoms with Gasteiger partial charge in [0.1, 0.15) is 0 Å². The van der Waals surface area contributed by atoms with E-state index in [1.54, 1.807) is 6.08 Å². The molecule has 0 aliphatic carbocycles. The molecule has 0 aromatic carbocycles. The summed E-state index contributed by atoms with van der Waals surface area (Å²) >= 11 is 0. The minimum atomic E-state index is -0.769. The average Bonchev–Trinajstić information content (AvgIpc) is 1.66. The highest BCUT2D eigenvalue weighted by atomic mass is 35.5. The van der Waals surface area contributed by atoms with Crippen molar-refractivity contribution < 1.29 is 9.90 Å². The Balaban J connectivity index is 0. The summed E-state index contributed by atoms with van der Waals surface area (Å²) in [7, 11) is 0. The van der Waals surface area contributed by atoms with Gasteiger partial charge in [0, 0.05) is 0 Å². The molecule has 1 N–H and O–H groups in total. The zero-order chi connectivity index (χ0) is 6.41. The number of halogens is 1. The van der Waals surface area contributed by atoms with Gasteiger partial charge in [-0.1, -0.05) is 19.1 Å². The van der Waals surface area contributed by atoms with Crippen molar-refractivity contribution in [1.82, 2.24) is 0 Å². The number of hydrogen-bond donors (Lipinski definition) is 1. The van der Waals surface area contributed by atoms with Crippen LogP contribution in [0.25, 0.3) is 0 Å². The van der Waals surface area contributed by atoms with Crippen molar-refractivity contribution in [2.45, 2.75) is 19.8 Å². The second-order valence-corrected chi connectivity index (χ2v) is 1.48. The summed E-state index contributed by atoms with van der Waals surface area (Å²) in [6.07, 6.45) is 4.55. The molecular weight excluding hydrogens is 140 g/mol. The van der Waals surface area contributed by atoms with Crippen LogP contribution in [0, 0.1) is 0 Å². The van der Waals surface area contributed by atoms with Crippen molar-refractivity contribution in [1.29, 1.82) is 0 Å². The van der Waals surface area contributed by atoms with E-state index in [2.05, 4.69) is 0 Å². The fraction of sp³-hybridized carbons (Fsp3) is 0.500. The smallest absolute Gasteiger partial charge is 0.307 e. The summed E-state index contributed by atoms with van der Waals surface area (Å²) < 4.78 is 0. The Bertz CT molecular complexity index is 99.2. The molecule has 0 amide bonds. The third kappa shape index (κ3) is 11.2. The third-order valence-corrected chi connectivity index (χ3v) is 0.695. The molecule has 0 heterocycles. The quantitative estimate of drug-likeness (QED) is 0.624. The molecule has 0 bridgehead atoms. The summed E-state index contributed by atoms with van der Waals surface area (Å²) in [5.74, 6) is -0.769. The Morgan fingerprint density at radius 2 is 2.11 bits per heavy atom. The number of allylic oxidation sites excluding steroid dienone is 1. The second-order valence-electron chi connectivity index (χ2n) is 1.48. The Hall–Kier alpha value is -0.500. The largest absolute Gasteiger partial charge is 0.481 e. The van der Waals surface area contributed by atoms with E-state index >= 15 is 0 Å². The van der Waals surface area contributed by atoms with Crippen LogP contribution >= 0.6 is 12.4 Å². The van der Waals surface area contributed by atoms with E-state index in [-0.39, 0.29) is 18.8 Å². The van der Waals surface area contributed by atoms with E-state index < -0.39 is 5.97 Å². The maximum absolute atomic E-state index is 9.82. The first-order valence-electron chi connectivity index (χ1n) is 2.64.